The van der Waals surface area contributed by atoms with Crippen molar-refractivity contribution in [1.82, 2.24) is 10.1 Å². The average Bonchev–Trinajstić information content (AvgIpc) is 2.75. The van der Waals surface area contributed by atoms with E-state index in [1.54, 1.807) is 25.3 Å². The van der Waals surface area contributed by atoms with Crippen LogP contribution in [0.4, 0.5) is 0 Å². The minimum atomic E-state index is -0.254. The van der Waals surface area contributed by atoms with Crippen molar-refractivity contribution in [2.75, 3.05) is 0 Å². The Morgan fingerprint density at radius 3 is 2.92 bits per heavy atom. The van der Waals surface area contributed by atoms with Crippen LogP contribution in [0.2, 0.25) is 0 Å². The number of aromatic nitrogens is 2. The SMILES string of the molecule is CC(N)c1nc(-c2ccco2)no1. The molecule has 5 nitrogen and oxygen atoms in total. The van der Waals surface area contributed by atoms with Crippen LogP contribution in [-0.4, -0.2) is 10.1 Å². The summed E-state index contributed by atoms with van der Waals surface area (Å²) in [5.74, 6) is 1.42. The van der Waals surface area contributed by atoms with Crippen LogP contribution < -0.4 is 5.73 Å². The van der Waals surface area contributed by atoms with Crippen molar-refractivity contribution in [3.05, 3.63) is 24.3 Å². The molecule has 0 saturated carbocycles. The second-order valence-corrected chi connectivity index (χ2v) is 2.72. The Kier molecular flexibility index (Phi) is 1.86. The number of nitrogens with zero attached hydrogens (tertiary/aromatic N) is 2. The molecule has 2 aromatic heterocycles. The highest BCUT2D eigenvalue weighted by Crippen LogP contribution is 2.17. The largest absolute Gasteiger partial charge is 0.461 e. The van der Waals surface area contributed by atoms with Gasteiger partial charge in [0.2, 0.25) is 11.7 Å². The summed E-state index contributed by atoms with van der Waals surface area (Å²) in [6, 6.07) is 3.27. The molecule has 13 heavy (non-hydrogen) atoms. The molecular formula is C8H9N3O2. The van der Waals surface area contributed by atoms with Crippen LogP contribution in [0.1, 0.15) is 18.9 Å². The Hall–Kier alpha value is -1.62. The van der Waals surface area contributed by atoms with Crippen molar-refractivity contribution in [1.29, 1.82) is 0 Å². The zero-order valence-electron chi connectivity index (χ0n) is 7.10. The minimum Gasteiger partial charge on any atom is -0.461 e. The normalized spacial score (nSPS) is 13.1. The summed E-state index contributed by atoms with van der Waals surface area (Å²) in [6.07, 6.45) is 1.55. The lowest BCUT2D eigenvalue weighted by Crippen LogP contribution is -2.04. The lowest BCUT2D eigenvalue weighted by molar-refractivity contribution is 0.361. The van der Waals surface area contributed by atoms with Gasteiger partial charge in [0.25, 0.3) is 0 Å². The average molecular weight is 179 g/mol. The van der Waals surface area contributed by atoms with Crippen LogP contribution >= 0.6 is 0 Å². The van der Waals surface area contributed by atoms with Gasteiger partial charge in [-0.25, -0.2) is 0 Å². The second-order valence-electron chi connectivity index (χ2n) is 2.72. The van der Waals surface area contributed by atoms with Crippen molar-refractivity contribution in [2.24, 2.45) is 5.73 Å². The Morgan fingerprint density at radius 1 is 1.54 bits per heavy atom. The lowest BCUT2D eigenvalue weighted by atomic mass is 10.4. The van der Waals surface area contributed by atoms with Crippen LogP contribution in [0, 0.1) is 0 Å². The molecule has 0 bridgehead atoms. The standard InChI is InChI=1S/C8H9N3O2/c1-5(9)8-10-7(11-13-8)6-3-2-4-12-6/h2-5H,9H2,1H3. The van der Waals surface area contributed by atoms with Crippen molar-refractivity contribution >= 4 is 0 Å². The van der Waals surface area contributed by atoms with Gasteiger partial charge in [0.05, 0.1) is 12.3 Å². The smallest absolute Gasteiger partial charge is 0.243 e. The van der Waals surface area contributed by atoms with Crippen molar-refractivity contribution in [3.63, 3.8) is 0 Å². The van der Waals surface area contributed by atoms with Crippen molar-refractivity contribution < 1.29 is 8.94 Å². The van der Waals surface area contributed by atoms with E-state index < -0.39 is 0 Å². The molecule has 0 radical (unpaired) electrons. The van der Waals surface area contributed by atoms with E-state index in [1.807, 2.05) is 0 Å². The summed E-state index contributed by atoms with van der Waals surface area (Å²) in [5.41, 5.74) is 5.55. The number of nitrogens with two attached hydrogens (primary N) is 1. The predicted octanol–water partition coefficient (Wildman–Crippen LogP) is 1.35. The first kappa shape index (κ1) is 8.00. The van der Waals surface area contributed by atoms with Crippen LogP contribution in [0.5, 0.6) is 0 Å². The highest BCUT2D eigenvalue weighted by atomic mass is 16.5. The van der Waals surface area contributed by atoms with Crippen LogP contribution in [0.15, 0.2) is 27.3 Å². The van der Waals surface area contributed by atoms with Crippen LogP contribution in [-0.2, 0) is 0 Å². The fraction of sp³-hybridized carbons (Fsp3) is 0.250. The first-order valence-corrected chi connectivity index (χ1v) is 3.90. The van der Waals surface area contributed by atoms with Gasteiger partial charge in [0, 0.05) is 0 Å². The van der Waals surface area contributed by atoms with Gasteiger partial charge in [-0.1, -0.05) is 5.16 Å². The van der Waals surface area contributed by atoms with E-state index in [9.17, 15) is 0 Å². The number of hydrogen-bond acceptors (Lipinski definition) is 5. The third-order valence-electron chi connectivity index (χ3n) is 1.57. The molecule has 0 amide bonds. The first-order valence-electron chi connectivity index (χ1n) is 3.90. The Morgan fingerprint density at radius 2 is 2.38 bits per heavy atom. The van der Waals surface area contributed by atoms with E-state index in [4.69, 9.17) is 14.7 Å². The molecule has 0 spiro atoms. The number of rotatable bonds is 2. The molecule has 0 aliphatic carbocycles. The molecule has 0 aromatic carbocycles. The summed E-state index contributed by atoms with van der Waals surface area (Å²) in [6.45, 7) is 1.78. The van der Waals surface area contributed by atoms with Gasteiger partial charge in [-0.05, 0) is 19.1 Å². The van der Waals surface area contributed by atoms with Gasteiger partial charge in [0.15, 0.2) is 5.76 Å². The van der Waals surface area contributed by atoms with E-state index in [1.165, 1.54) is 0 Å². The molecule has 2 rings (SSSR count). The summed E-state index contributed by atoms with van der Waals surface area (Å²) < 4.78 is 9.99. The van der Waals surface area contributed by atoms with E-state index in [2.05, 4.69) is 10.1 Å². The molecule has 68 valence electrons. The van der Waals surface area contributed by atoms with E-state index in [0.717, 1.165) is 0 Å². The zero-order valence-corrected chi connectivity index (χ0v) is 7.10. The fourth-order valence-corrected chi connectivity index (χ4v) is 0.926. The van der Waals surface area contributed by atoms with Crippen molar-refractivity contribution in [3.8, 4) is 11.6 Å². The molecular weight excluding hydrogens is 170 g/mol. The van der Waals surface area contributed by atoms with Crippen molar-refractivity contribution in [2.45, 2.75) is 13.0 Å². The third kappa shape index (κ3) is 1.46. The molecule has 0 aliphatic heterocycles. The maximum Gasteiger partial charge on any atom is 0.243 e. The van der Waals surface area contributed by atoms with Crippen LogP contribution in [0.25, 0.3) is 11.6 Å². The molecule has 1 atom stereocenters. The monoisotopic (exact) mass is 179 g/mol. The topological polar surface area (TPSA) is 78.1 Å². The fourth-order valence-electron chi connectivity index (χ4n) is 0.926. The molecule has 2 N–H and O–H groups in total. The summed E-state index contributed by atoms with van der Waals surface area (Å²) in [7, 11) is 0. The van der Waals surface area contributed by atoms with Gasteiger partial charge in [-0.2, -0.15) is 4.98 Å². The first-order chi connectivity index (χ1) is 6.27. The minimum absolute atomic E-state index is 0.254. The molecule has 2 aromatic rings. The number of furan rings is 1. The molecule has 2 heterocycles. The highest BCUT2D eigenvalue weighted by Gasteiger charge is 2.12. The third-order valence-corrected chi connectivity index (χ3v) is 1.57. The maximum absolute atomic E-state index is 5.55. The summed E-state index contributed by atoms with van der Waals surface area (Å²) >= 11 is 0. The van der Waals surface area contributed by atoms with Gasteiger partial charge < -0.3 is 14.7 Å². The second kappa shape index (κ2) is 3.02. The maximum atomic E-state index is 5.55. The van der Waals surface area contributed by atoms with Gasteiger partial charge in [0.1, 0.15) is 0 Å². The number of hydrogen-bond donors (Lipinski definition) is 1. The molecule has 0 saturated heterocycles. The molecule has 0 fully saturated rings. The van der Waals surface area contributed by atoms with E-state index in [0.29, 0.717) is 17.5 Å². The highest BCUT2D eigenvalue weighted by molar-refractivity contribution is 5.44. The zero-order chi connectivity index (χ0) is 9.26. The predicted molar refractivity (Wildman–Crippen MR) is 44.6 cm³/mol. The molecule has 5 heteroatoms. The van der Waals surface area contributed by atoms with Gasteiger partial charge in [-0.3, -0.25) is 0 Å². The summed E-state index contributed by atoms with van der Waals surface area (Å²) in [4.78, 5) is 4.06. The quantitative estimate of drug-likeness (QED) is 0.752. The van der Waals surface area contributed by atoms with Crippen LogP contribution in [0.3, 0.4) is 0 Å². The van der Waals surface area contributed by atoms with E-state index >= 15 is 0 Å². The molecule has 0 aliphatic rings. The Bertz CT molecular complexity index is 378. The summed E-state index contributed by atoms with van der Waals surface area (Å²) in [5, 5.41) is 3.72. The van der Waals surface area contributed by atoms with Gasteiger partial charge >= 0.3 is 0 Å². The van der Waals surface area contributed by atoms with E-state index in [-0.39, 0.29) is 6.04 Å². The Balaban J connectivity index is 2.33. The molecule has 1 unspecified atom stereocenters. The van der Waals surface area contributed by atoms with Gasteiger partial charge in [-0.15, -0.1) is 0 Å². The Labute approximate surface area is 74.5 Å². The lowest BCUT2D eigenvalue weighted by Gasteiger charge is -1.92.